The van der Waals surface area contributed by atoms with Crippen LogP contribution < -0.4 is 4.31 Å². The van der Waals surface area contributed by atoms with Gasteiger partial charge in [-0.25, -0.2) is 17.8 Å². The number of benzene rings is 1. The minimum absolute atomic E-state index is 0.105. The van der Waals surface area contributed by atoms with Crippen LogP contribution in [0.15, 0.2) is 30.5 Å². The molecule has 0 spiro atoms. The summed E-state index contributed by atoms with van der Waals surface area (Å²) < 4.78 is 38.2. The van der Waals surface area contributed by atoms with Gasteiger partial charge in [-0.2, -0.15) is 0 Å². The number of amides is 1. The van der Waals surface area contributed by atoms with Crippen molar-refractivity contribution >= 4 is 21.6 Å². The van der Waals surface area contributed by atoms with Gasteiger partial charge >= 0.3 is 0 Å². The second-order valence-electron chi connectivity index (χ2n) is 5.51. The summed E-state index contributed by atoms with van der Waals surface area (Å²) in [5, 5.41) is 0. The molecule has 1 heterocycles. The number of H-pyrrole nitrogens is 1. The molecule has 0 aliphatic carbocycles. The molecule has 24 heavy (non-hydrogen) atoms. The molecule has 0 saturated heterocycles. The van der Waals surface area contributed by atoms with Crippen LogP contribution in [-0.4, -0.2) is 49.0 Å². The van der Waals surface area contributed by atoms with E-state index in [1.54, 1.807) is 13.2 Å². The Balaban J connectivity index is 2.15. The molecule has 0 unspecified atom stereocenters. The first-order valence-corrected chi connectivity index (χ1v) is 8.99. The minimum Gasteiger partial charge on any atom is -0.345 e. The van der Waals surface area contributed by atoms with Gasteiger partial charge in [-0.15, -0.1) is 0 Å². The molecule has 9 heteroatoms. The van der Waals surface area contributed by atoms with Gasteiger partial charge in [0.15, 0.2) is 0 Å². The summed E-state index contributed by atoms with van der Waals surface area (Å²) in [5.74, 6) is -0.410. The number of carbonyl (C=O) groups is 1. The highest BCUT2D eigenvalue weighted by molar-refractivity contribution is 7.92. The normalized spacial score (nSPS) is 11.3. The SMILES string of the molecule is Cc1cnc(CN(C)C(=O)CN(c2cccc(F)c2)S(C)(=O)=O)[nH]1. The van der Waals surface area contributed by atoms with E-state index in [4.69, 9.17) is 0 Å². The van der Waals surface area contributed by atoms with E-state index in [0.717, 1.165) is 22.3 Å². The third kappa shape index (κ3) is 4.54. The summed E-state index contributed by atoms with van der Waals surface area (Å²) >= 11 is 0. The molecule has 2 aromatic rings. The summed E-state index contributed by atoms with van der Waals surface area (Å²) in [6.45, 7) is 1.64. The van der Waals surface area contributed by atoms with Crippen LogP contribution in [0.25, 0.3) is 0 Å². The summed E-state index contributed by atoms with van der Waals surface area (Å²) in [4.78, 5) is 20.8. The minimum atomic E-state index is -3.74. The third-order valence-corrected chi connectivity index (χ3v) is 4.48. The summed E-state index contributed by atoms with van der Waals surface area (Å²) in [5.41, 5.74) is 0.969. The van der Waals surface area contributed by atoms with E-state index in [0.29, 0.717) is 5.82 Å². The number of nitrogens with zero attached hydrogens (tertiary/aromatic N) is 3. The van der Waals surface area contributed by atoms with Crippen molar-refractivity contribution in [3.8, 4) is 0 Å². The van der Waals surface area contributed by atoms with Gasteiger partial charge in [0.05, 0.1) is 18.5 Å². The molecule has 130 valence electrons. The first kappa shape index (κ1) is 17.9. The summed E-state index contributed by atoms with van der Waals surface area (Å²) in [7, 11) is -2.19. The number of aryl methyl sites for hydroxylation is 1. The average molecular weight is 354 g/mol. The number of hydrogen-bond donors (Lipinski definition) is 1. The number of aromatic nitrogens is 2. The van der Waals surface area contributed by atoms with Crippen molar-refractivity contribution in [1.82, 2.24) is 14.9 Å². The molecule has 1 aromatic carbocycles. The van der Waals surface area contributed by atoms with E-state index in [2.05, 4.69) is 9.97 Å². The molecular weight excluding hydrogens is 335 g/mol. The van der Waals surface area contributed by atoms with Crippen molar-refractivity contribution in [1.29, 1.82) is 0 Å². The van der Waals surface area contributed by atoms with Gasteiger partial charge in [-0.3, -0.25) is 9.10 Å². The van der Waals surface area contributed by atoms with E-state index >= 15 is 0 Å². The van der Waals surface area contributed by atoms with Gasteiger partial charge in [0, 0.05) is 18.9 Å². The molecule has 2 rings (SSSR count). The summed E-state index contributed by atoms with van der Waals surface area (Å²) in [6.07, 6.45) is 2.62. The first-order chi connectivity index (χ1) is 11.2. The first-order valence-electron chi connectivity index (χ1n) is 7.14. The Morgan fingerprint density at radius 1 is 1.38 bits per heavy atom. The van der Waals surface area contributed by atoms with E-state index in [9.17, 15) is 17.6 Å². The van der Waals surface area contributed by atoms with Crippen LogP contribution in [0.3, 0.4) is 0 Å². The van der Waals surface area contributed by atoms with E-state index in [1.165, 1.54) is 23.1 Å². The smallest absolute Gasteiger partial charge is 0.243 e. The highest BCUT2D eigenvalue weighted by Gasteiger charge is 2.23. The lowest BCUT2D eigenvalue weighted by Gasteiger charge is -2.24. The van der Waals surface area contributed by atoms with Crippen molar-refractivity contribution in [2.45, 2.75) is 13.5 Å². The molecule has 7 nitrogen and oxygen atoms in total. The highest BCUT2D eigenvalue weighted by atomic mass is 32.2. The van der Waals surface area contributed by atoms with Crippen LogP contribution in [0.5, 0.6) is 0 Å². The number of halogens is 1. The number of hydrogen-bond acceptors (Lipinski definition) is 4. The van der Waals surface area contributed by atoms with E-state index in [-0.39, 0.29) is 12.2 Å². The van der Waals surface area contributed by atoms with Crippen molar-refractivity contribution in [2.24, 2.45) is 0 Å². The molecule has 0 fully saturated rings. The van der Waals surface area contributed by atoms with Gasteiger partial charge in [0.25, 0.3) is 0 Å². The number of sulfonamides is 1. The molecule has 1 aromatic heterocycles. The van der Waals surface area contributed by atoms with E-state index < -0.39 is 28.3 Å². The number of likely N-dealkylation sites (N-methyl/N-ethyl adjacent to an activating group) is 1. The van der Waals surface area contributed by atoms with Crippen molar-refractivity contribution in [3.63, 3.8) is 0 Å². The van der Waals surface area contributed by atoms with Crippen LogP contribution in [0.1, 0.15) is 11.5 Å². The lowest BCUT2D eigenvalue weighted by atomic mass is 10.3. The van der Waals surface area contributed by atoms with Gasteiger partial charge in [0.1, 0.15) is 18.2 Å². The van der Waals surface area contributed by atoms with Crippen molar-refractivity contribution in [3.05, 3.63) is 47.8 Å². The largest absolute Gasteiger partial charge is 0.345 e. The van der Waals surface area contributed by atoms with Gasteiger partial charge in [-0.05, 0) is 25.1 Å². The number of imidazole rings is 1. The number of rotatable bonds is 6. The molecule has 1 amide bonds. The molecule has 0 bridgehead atoms. The Kier molecular flexibility index (Phi) is 5.23. The fraction of sp³-hybridized carbons (Fsp3) is 0.333. The zero-order valence-electron chi connectivity index (χ0n) is 13.7. The highest BCUT2D eigenvalue weighted by Crippen LogP contribution is 2.18. The summed E-state index contributed by atoms with van der Waals surface area (Å²) in [6, 6.07) is 5.11. The molecule has 0 radical (unpaired) electrons. The molecule has 0 aliphatic heterocycles. The Morgan fingerprint density at radius 2 is 2.08 bits per heavy atom. The van der Waals surface area contributed by atoms with Gasteiger partial charge in [-0.1, -0.05) is 6.07 Å². The number of carbonyl (C=O) groups excluding carboxylic acids is 1. The van der Waals surface area contributed by atoms with Crippen molar-refractivity contribution in [2.75, 3.05) is 24.2 Å². The van der Waals surface area contributed by atoms with Gasteiger partial charge in [0.2, 0.25) is 15.9 Å². The Morgan fingerprint density at radius 3 is 2.62 bits per heavy atom. The zero-order valence-corrected chi connectivity index (χ0v) is 14.5. The molecule has 1 N–H and O–H groups in total. The standard InChI is InChI=1S/C15H19FN4O3S/c1-11-8-17-14(18-11)9-19(2)15(21)10-20(24(3,22)23)13-6-4-5-12(16)7-13/h4-8H,9-10H2,1-3H3,(H,17,18). The van der Waals surface area contributed by atoms with Gasteiger partial charge < -0.3 is 9.88 Å². The van der Waals surface area contributed by atoms with Crippen LogP contribution in [-0.2, 0) is 21.4 Å². The number of nitrogens with one attached hydrogen (secondary N) is 1. The topological polar surface area (TPSA) is 86.4 Å². The Bertz CT molecular complexity index is 835. The maximum absolute atomic E-state index is 13.4. The second kappa shape index (κ2) is 7.00. The van der Waals surface area contributed by atoms with E-state index in [1.807, 2.05) is 6.92 Å². The molecular formula is C15H19FN4O3S. The number of anilines is 1. The quantitative estimate of drug-likeness (QED) is 0.847. The Labute approximate surface area is 140 Å². The van der Waals surface area contributed by atoms with Crippen LogP contribution >= 0.6 is 0 Å². The van der Waals surface area contributed by atoms with Crippen LogP contribution in [0, 0.1) is 12.7 Å². The van der Waals surface area contributed by atoms with Crippen LogP contribution in [0.4, 0.5) is 10.1 Å². The molecule has 0 aliphatic rings. The monoisotopic (exact) mass is 354 g/mol. The fourth-order valence-corrected chi connectivity index (χ4v) is 2.98. The lowest BCUT2D eigenvalue weighted by molar-refractivity contribution is -0.128. The third-order valence-electron chi connectivity index (χ3n) is 3.34. The van der Waals surface area contributed by atoms with Crippen LogP contribution in [0.2, 0.25) is 0 Å². The Hall–Kier alpha value is -2.42. The lowest BCUT2D eigenvalue weighted by Crippen LogP contribution is -2.41. The van der Waals surface area contributed by atoms with Crippen molar-refractivity contribution < 1.29 is 17.6 Å². The molecule has 0 atom stereocenters. The molecule has 0 saturated carbocycles. The number of aromatic amines is 1. The second-order valence-corrected chi connectivity index (χ2v) is 7.42. The predicted molar refractivity (Wildman–Crippen MR) is 88.4 cm³/mol. The maximum atomic E-state index is 13.4. The zero-order chi connectivity index (χ0) is 17.9. The predicted octanol–water partition coefficient (Wildman–Crippen LogP) is 1.28. The average Bonchev–Trinajstić information content (AvgIpc) is 2.88. The maximum Gasteiger partial charge on any atom is 0.243 e. The fourth-order valence-electron chi connectivity index (χ4n) is 2.13.